The molecule has 0 N–H and O–H groups in total. The molecule has 0 spiro atoms. The fourth-order valence-corrected chi connectivity index (χ4v) is 4.64. The molecule has 1 unspecified atom stereocenters. The number of ether oxygens (including phenoxy) is 2. The highest BCUT2D eigenvalue weighted by atomic mass is 35.5. The summed E-state index contributed by atoms with van der Waals surface area (Å²) in [5, 5.41) is 0.798. The fraction of sp³-hybridized carbons (Fsp3) is 0.185. The van der Waals surface area contributed by atoms with Gasteiger partial charge in [-0.05, 0) is 61.9 Å². The van der Waals surface area contributed by atoms with Gasteiger partial charge in [-0.15, -0.1) is 0 Å². The van der Waals surface area contributed by atoms with Crippen LogP contribution in [-0.2, 0) is 0 Å². The lowest BCUT2D eigenvalue weighted by atomic mass is 9.97. The number of benzene rings is 3. The lowest BCUT2D eigenvalue weighted by molar-refractivity contribution is 0.0971. The molecule has 0 fully saturated rings. The van der Waals surface area contributed by atoms with Gasteiger partial charge in [-0.2, -0.15) is 0 Å². The van der Waals surface area contributed by atoms with Crippen molar-refractivity contribution in [3.05, 3.63) is 98.4 Å². The molecule has 6 nitrogen and oxygen atoms in total. The van der Waals surface area contributed by atoms with E-state index in [0.29, 0.717) is 45.3 Å². The molecule has 2 heterocycles. The van der Waals surface area contributed by atoms with Gasteiger partial charge in [0.1, 0.15) is 17.1 Å². The van der Waals surface area contributed by atoms with Gasteiger partial charge in [-0.3, -0.25) is 14.5 Å². The van der Waals surface area contributed by atoms with E-state index in [1.54, 1.807) is 35.2 Å². The summed E-state index contributed by atoms with van der Waals surface area (Å²) < 4.78 is 16.9. The van der Waals surface area contributed by atoms with Crippen LogP contribution in [0.3, 0.4) is 0 Å². The van der Waals surface area contributed by atoms with E-state index in [4.69, 9.17) is 25.5 Å². The zero-order valence-electron chi connectivity index (χ0n) is 18.9. The van der Waals surface area contributed by atoms with Crippen LogP contribution in [0.5, 0.6) is 11.5 Å². The third-order valence-corrected chi connectivity index (χ3v) is 6.24. The van der Waals surface area contributed by atoms with Crippen molar-refractivity contribution >= 4 is 34.2 Å². The number of carbonyl (C=O) groups is 1. The topological polar surface area (TPSA) is 69.0 Å². The Morgan fingerprint density at radius 1 is 1.03 bits per heavy atom. The molecule has 5 rings (SSSR count). The Kier molecular flexibility index (Phi) is 5.54. The van der Waals surface area contributed by atoms with Crippen LogP contribution in [0.15, 0.2) is 69.9 Å². The maximum atomic E-state index is 13.7. The van der Waals surface area contributed by atoms with E-state index in [0.717, 1.165) is 11.1 Å². The zero-order valence-corrected chi connectivity index (χ0v) is 19.7. The fourth-order valence-electron chi connectivity index (χ4n) is 4.39. The zero-order chi connectivity index (χ0) is 24.0. The van der Waals surface area contributed by atoms with Crippen molar-refractivity contribution in [1.82, 2.24) is 0 Å². The van der Waals surface area contributed by atoms with Crippen molar-refractivity contribution in [2.45, 2.75) is 19.9 Å². The van der Waals surface area contributed by atoms with Crippen LogP contribution >= 0.6 is 11.6 Å². The smallest absolute Gasteiger partial charge is 0.295 e. The highest BCUT2D eigenvalue weighted by Crippen LogP contribution is 2.43. The van der Waals surface area contributed by atoms with E-state index in [2.05, 4.69) is 0 Å². The molecular weight excluding hydrogens is 454 g/mol. The molecule has 172 valence electrons. The minimum absolute atomic E-state index is 0.0344. The van der Waals surface area contributed by atoms with Crippen molar-refractivity contribution in [2.24, 2.45) is 0 Å². The molecule has 0 saturated carbocycles. The second kappa shape index (κ2) is 8.54. The van der Waals surface area contributed by atoms with E-state index in [-0.39, 0.29) is 11.2 Å². The number of anilines is 1. The molecule has 1 atom stereocenters. The minimum atomic E-state index is -0.691. The Balaban J connectivity index is 1.75. The van der Waals surface area contributed by atoms with Crippen LogP contribution in [0.1, 0.15) is 40.2 Å². The lowest BCUT2D eigenvalue weighted by Gasteiger charge is -2.26. The number of fused-ring (bicyclic) bond motifs is 2. The minimum Gasteiger partial charge on any atom is -0.495 e. The van der Waals surface area contributed by atoms with Crippen LogP contribution < -0.4 is 19.8 Å². The summed E-state index contributed by atoms with van der Waals surface area (Å²) in [7, 11) is 1.52. The first-order chi connectivity index (χ1) is 16.4. The molecule has 1 aliphatic heterocycles. The maximum Gasteiger partial charge on any atom is 0.295 e. The summed E-state index contributed by atoms with van der Waals surface area (Å²) in [5.41, 5.74) is 2.67. The van der Waals surface area contributed by atoms with Crippen molar-refractivity contribution in [1.29, 1.82) is 0 Å². The van der Waals surface area contributed by atoms with Gasteiger partial charge >= 0.3 is 0 Å². The monoisotopic (exact) mass is 475 g/mol. The van der Waals surface area contributed by atoms with Crippen LogP contribution in [0, 0.1) is 6.92 Å². The number of amides is 1. The number of carbonyl (C=O) groups excluding carboxylic acids is 1. The molecule has 34 heavy (non-hydrogen) atoms. The van der Waals surface area contributed by atoms with Gasteiger partial charge in [0.2, 0.25) is 5.76 Å². The number of hydrogen-bond donors (Lipinski definition) is 0. The Hall–Kier alpha value is -3.77. The summed E-state index contributed by atoms with van der Waals surface area (Å²) in [5.74, 6) is 0.820. The number of nitrogens with zero attached hydrogens (tertiary/aromatic N) is 1. The number of halogens is 1. The number of methoxy groups -OCH3 is 1. The van der Waals surface area contributed by atoms with Crippen LogP contribution in [-0.4, -0.2) is 19.6 Å². The van der Waals surface area contributed by atoms with Gasteiger partial charge in [-0.25, -0.2) is 0 Å². The predicted molar refractivity (Wildman–Crippen MR) is 131 cm³/mol. The largest absolute Gasteiger partial charge is 0.495 e. The average Bonchev–Trinajstić information content (AvgIpc) is 3.13. The second-order valence-electron chi connectivity index (χ2n) is 8.07. The van der Waals surface area contributed by atoms with Crippen molar-refractivity contribution in [3.63, 3.8) is 0 Å². The number of hydrogen-bond acceptors (Lipinski definition) is 5. The van der Waals surface area contributed by atoms with Crippen LogP contribution in [0.4, 0.5) is 5.69 Å². The van der Waals surface area contributed by atoms with Gasteiger partial charge in [0.05, 0.1) is 35.7 Å². The molecule has 4 aromatic rings. The number of aryl methyl sites for hydroxylation is 1. The SMILES string of the molecule is CCOc1ccc(C2c3c(oc4ccc(C)cc4c3=O)C(=O)N2c2ccc(OC)c(Cl)c2)cc1. The van der Waals surface area contributed by atoms with Gasteiger partial charge in [-0.1, -0.05) is 35.4 Å². The Morgan fingerprint density at radius 2 is 1.79 bits per heavy atom. The Morgan fingerprint density at radius 3 is 2.47 bits per heavy atom. The average molecular weight is 476 g/mol. The molecule has 0 radical (unpaired) electrons. The summed E-state index contributed by atoms with van der Waals surface area (Å²) >= 11 is 6.39. The molecule has 0 saturated heterocycles. The van der Waals surface area contributed by atoms with E-state index >= 15 is 0 Å². The molecule has 1 aliphatic rings. The first-order valence-electron chi connectivity index (χ1n) is 10.9. The standard InChI is InChI=1S/C27H22ClNO5/c1-4-33-18-9-6-16(7-10-18)24-23-25(30)19-13-15(2)5-11-21(19)34-26(23)27(31)29(24)17-8-12-22(32-3)20(28)14-17/h5-14,24H,4H2,1-3H3. The predicted octanol–water partition coefficient (Wildman–Crippen LogP) is 5.91. The summed E-state index contributed by atoms with van der Waals surface area (Å²) in [6.07, 6.45) is 0. The third kappa shape index (κ3) is 3.51. The van der Waals surface area contributed by atoms with E-state index in [1.165, 1.54) is 7.11 Å². The van der Waals surface area contributed by atoms with Crippen LogP contribution in [0.25, 0.3) is 11.0 Å². The first-order valence-corrected chi connectivity index (χ1v) is 11.3. The molecular formula is C27H22ClNO5. The highest BCUT2D eigenvalue weighted by Gasteiger charge is 2.43. The third-order valence-electron chi connectivity index (χ3n) is 5.95. The summed E-state index contributed by atoms with van der Waals surface area (Å²) in [4.78, 5) is 28.9. The van der Waals surface area contributed by atoms with E-state index < -0.39 is 11.9 Å². The maximum absolute atomic E-state index is 13.7. The van der Waals surface area contributed by atoms with Crippen LogP contribution in [0.2, 0.25) is 5.02 Å². The highest BCUT2D eigenvalue weighted by molar-refractivity contribution is 6.32. The molecule has 0 aliphatic carbocycles. The van der Waals surface area contributed by atoms with Gasteiger partial charge in [0.25, 0.3) is 5.91 Å². The molecule has 0 bridgehead atoms. The molecule has 7 heteroatoms. The van der Waals surface area contributed by atoms with E-state index in [1.807, 2.05) is 44.2 Å². The van der Waals surface area contributed by atoms with Gasteiger partial charge < -0.3 is 13.9 Å². The first kappa shape index (κ1) is 22.0. The van der Waals surface area contributed by atoms with Gasteiger partial charge in [0.15, 0.2) is 5.43 Å². The quantitative estimate of drug-likeness (QED) is 0.359. The van der Waals surface area contributed by atoms with Crippen molar-refractivity contribution in [2.75, 3.05) is 18.6 Å². The van der Waals surface area contributed by atoms with E-state index in [9.17, 15) is 9.59 Å². The summed E-state index contributed by atoms with van der Waals surface area (Å²) in [6, 6.07) is 17.1. The second-order valence-corrected chi connectivity index (χ2v) is 8.48. The molecule has 3 aromatic carbocycles. The Labute approximate surface area is 201 Å². The Bertz CT molecular complexity index is 1480. The molecule has 1 amide bonds. The van der Waals surface area contributed by atoms with Crippen molar-refractivity contribution in [3.8, 4) is 11.5 Å². The number of rotatable bonds is 5. The normalized spacial score (nSPS) is 15.0. The summed E-state index contributed by atoms with van der Waals surface area (Å²) in [6.45, 7) is 4.36. The lowest BCUT2D eigenvalue weighted by Crippen LogP contribution is -2.29. The molecule has 1 aromatic heterocycles. The van der Waals surface area contributed by atoms with Gasteiger partial charge in [0, 0.05) is 5.69 Å². The van der Waals surface area contributed by atoms with Crippen molar-refractivity contribution < 1.29 is 18.7 Å².